The van der Waals surface area contributed by atoms with E-state index in [9.17, 15) is 9.59 Å². The first kappa shape index (κ1) is 13.5. The Labute approximate surface area is 124 Å². The minimum atomic E-state index is -0.970. The molecule has 21 heavy (non-hydrogen) atoms. The Hall–Kier alpha value is -2.48. The van der Waals surface area contributed by atoms with Gasteiger partial charge in [-0.1, -0.05) is 72.8 Å². The molecular formula is C19H16O2. The Bertz CT molecular complexity index is 623. The zero-order chi connectivity index (χ0) is 14.7. The summed E-state index contributed by atoms with van der Waals surface area (Å²) in [5.41, 5.74) is 0.235. The summed E-state index contributed by atoms with van der Waals surface area (Å²) in [4.78, 5) is 25.8. The molecule has 0 fully saturated rings. The summed E-state index contributed by atoms with van der Waals surface area (Å²) in [5.74, 6) is -0.163. The van der Waals surface area contributed by atoms with Gasteiger partial charge in [0, 0.05) is 11.1 Å². The van der Waals surface area contributed by atoms with E-state index in [0.717, 1.165) is 0 Å². The van der Waals surface area contributed by atoms with Crippen molar-refractivity contribution in [3.63, 3.8) is 0 Å². The van der Waals surface area contributed by atoms with Gasteiger partial charge in [-0.15, -0.1) is 0 Å². The molecule has 0 heterocycles. The van der Waals surface area contributed by atoms with Crippen LogP contribution in [0.3, 0.4) is 0 Å². The lowest BCUT2D eigenvalue weighted by molar-refractivity contribution is 0.0678. The molecule has 2 heteroatoms. The summed E-state index contributed by atoms with van der Waals surface area (Å²) in [6.45, 7) is 0. The van der Waals surface area contributed by atoms with E-state index in [2.05, 4.69) is 0 Å². The highest BCUT2D eigenvalue weighted by Crippen LogP contribution is 2.39. The van der Waals surface area contributed by atoms with Crippen molar-refractivity contribution < 1.29 is 9.59 Å². The van der Waals surface area contributed by atoms with Crippen LogP contribution in [-0.4, -0.2) is 11.6 Å². The van der Waals surface area contributed by atoms with E-state index in [4.69, 9.17) is 0 Å². The first-order valence-corrected chi connectivity index (χ1v) is 7.09. The number of benzene rings is 2. The number of allylic oxidation sites excluding steroid dienone is 2. The maximum Gasteiger partial charge on any atom is 0.177 e. The second-order valence-corrected chi connectivity index (χ2v) is 5.35. The molecule has 0 unspecified atom stereocenters. The van der Waals surface area contributed by atoms with E-state index in [0.29, 0.717) is 24.0 Å². The maximum absolute atomic E-state index is 12.9. The summed E-state index contributed by atoms with van der Waals surface area (Å²) in [6, 6.07) is 18.2. The van der Waals surface area contributed by atoms with Gasteiger partial charge in [-0.3, -0.25) is 9.59 Å². The highest BCUT2D eigenvalue weighted by atomic mass is 16.2. The topological polar surface area (TPSA) is 34.1 Å². The summed E-state index contributed by atoms with van der Waals surface area (Å²) >= 11 is 0. The standard InChI is InChI=1S/C19H16O2/c20-17(15-9-3-1-4-10-15)19(13-7-8-14-19)18(21)16-11-5-2-6-12-16/h1-12H,13-14H2. The minimum absolute atomic E-state index is 0.0815. The molecule has 3 rings (SSSR count). The monoisotopic (exact) mass is 276 g/mol. The van der Waals surface area contributed by atoms with Crippen LogP contribution >= 0.6 is 0 Å². The largest absolute Gasteiger partial charge is 0.293 e. The number of Topliss-reactive ketones (excluding diaryl/α,β-unsaturated/α-hetero) is 2. The molecule has 1 aliphatic carbocycles. The van der Waals surface area contributed by atoms with E-state index in [1.807, 2.05) is 48.6 Å². The van der Waals surface area contributed by atoms with Crippen molar-refractivity contribution in [1.82, 2.24) is 0 Å². The lowest BCUT2D eigenvalue weighted by atomic mass is 9.72. The first-order chi connectivity index (χ1) is 10.2. The number of carbonyl (C=O) groups excluding carboxylic acids is 2. The second kappa shape index (κ2) is 5.49. The molecule has 0 N–H and O–H groups in total. The van der Waals surface area contributed by atoms with Gasteiger partial charge in [0.25, 0.3) is 0 Å². The molecule has 2 aromatic rings. The number of rotatable bonds is 4. The minimum Gasteiger partial charge on any atom is -0.293 e. The highest BCUT2D eigenvalue weighted by molar-refractivity contribution is 6.20. The van der Waals surface area contributed by atoms with Gasteiger partial charge in [-0.05, 0) is 12.8 Å². The number of ketones is 2. The van der Waals surface area contributed by atoms with Crippen LogP contribution in [-0.2, 0) is 0 Å². The fourth-order valence-corrected chi connectivity index (χ4v) is 2.86. The summed E-state index contributed by atoms with van der Waals surface area (Å²) in [7, 11) is 0. The van der Waals surface area contributed by atoms with Crippen LogP contribution in [0.2, 0.25) is 0 Å². The Kier molecular flexibility index (Phi) is 3.53. The molecule has 0 saturated carbocycles. The van der Waals surface area contributed by atoms with Gasteiger partial charge in [0.15, 0.2) is 11.6 Å². The van der Waals surface area contributed by atoms with Crippen LogP contribution in [0.5, 0.6) is 0 Å². The molecule has 0 bridgehead atoms. The molecule has 0 radical (unpaired) electrons. The maximum atomic E-state index is 12.9. The van der Waals surface area contributed by atoms with Crippen molar-refractivity contribution in [1.29, 1.82) is 0 Å². The molecule has 1 aliphatic rings. The van der Waals surface area contributed by atoms with E-state index in [1.165, 1.54) is 0 Å². The third kappa shape index (κ3) is 2.33. The van der Waals surface area contributed by atoms with Crippen LogP contribution in [0.4, 0.5) is 0 Å². The van der Waals surface area contributed by atoms with Crippen molar-refractivity contribution in [2.45, 2.75) is 12.8 Å². The average molecular weight is 276 g/mol. The average Bonchev–Trinajstić information content (AvgIpc) is 3.06. The Morgan fingerprint density at radius 3 is 1.43 bits per heavy atom. The van der Waals surface area contributed by atoms with Crippen LogP contribution in [0.1, 0.15) is 33.6 Å². The van der Waals surface area contributed by atoms with E-state index in [-0.39, 0.29) is 11.6 Å². The van der Waals surface area contributed by atoms with Gasteiger partial charge in [0.2, 0.25) is 0 Å². The van der Waals surface area contributed by atoms with Crippen LogP contribution in [0.25, 0.3) is 0 Å². The Morgan fingerprint density at radius 1 is 0.667 bits per heavy atom. The molecule has 2 nitrogen and oxygen atoms in total. The van der Waals surface area contributed by atoms with Gasteiger partial charge in [0.1, 0.15) is 5.41 Å². The summed E-state index contributed by atoms with van der Waals surface area (Å²) < 4.78 is 0. The highest BCUT2D eigenvalue weighted by Gasteiger charge is 2.46. The van der Waals surface area contributed by atoms with Gasteiger partial charge in [0.05, 0.1) is 0 Å². The van der Waals surface area contributed by atoms with Crippen LogP contribution < -0.4 is 0 Å². The van der Waals surface area contributed by atoms with Crippen molar-refractivity contribution >= 4 is 11.6 Å². The van der Waals surface area contributed by atoms with Crippen molar-refractivity contribution in [3.05, 3.63) is 83.9 Å². The molecule has 0 spiro atoms. The molecular weight excluding hydrogens is 260 g/mol. The number of hydrogen-bond acceptors (Lipinski definition) is 2. The number of hydrogen-bond donors (Lipinski definition) is 0. The Morgan fingerprint density at radius 2 is 1.05 bits per heavy atom. The van der Waals surface area contributed by atoms with Gasteiger partial charge in [-0.25, -0.2) is 0 Å². The fourth-order valence-electron chi connectivity index (χ4n) is 2.86. The van der Waals surface area contributed by atoms with Gasteiger partial charge >= 0.3 is 0 Å². The van der Waals surface area contributed by atoms with Crippen LogP contribution in [0.15, 0.2) is 72.8 Å². The zero-order valence-electron chi connectivity index (χ0n) is 11.7. The molecule has 0 aliphatic heterocycles. The predicted octanol–water partition coefficient (Wildman–Crippen LogP) is 4.09. The van der Waals surface area contributed by atoms with Crippen molar-refractivity contribution in [2.24, 2.45) is 5.41 Å². The fraction of sp³-hybridized carbons (Fsp3) is 0.158. The summed E-state index contributed by atoms with van der Waals surface area (Å²) in [6.07, 6.45) is 4.83. The molecule has 0 atom stereocenters. The number of carbonyl (C=O) groups is 2. The van der Waals surface area contributed by atoms with Crippen molar-refractivity contribution in [2.75, 3.05) is 0 Å². The molecule has 0 amide bonds. The third-order valence-electron chi connectivity index (χ3n) is 4.04. The lowest BCUT2D eigenvalue weighted by Gasteiger charge is -2.26. The summed E-state index contributed by atoms with van der Waals surface area (Å²) in [5, 5.41) is 0. The SMILES string of the molecule is O=C(c1ccccc1)C1(C(=O)c2ccccc2)CC=CC1. The van der Waals surface area contributed by atoms with E-state index >= 15 is 0 Å². The molecule has 104 valence electrons. The predicted molar refractivity (Wildman–Crippen MR) is 82.4 cm³/mol. The van der Waals surface area contributed by atoms with E-state index < -0.39 is 5.41 Å². The second-order valence-electron chi connectivity index (χ2n) is 5.35. The Balaban J connectivity index is 2.01. The van der Waals surface area contributed by atoms with Gasteiger partial charge in [-0.2, -0.15) is 0 Å². The first-order valence-electron chi connectivity index (χ1n) is 7.09. The van der Waals surface area contributed by atoms with Crippen molar-refractivity contribution in [3.8, 4) is 0 Å². The van der Waals surface area contributed by atoms with Gasteiger partial charge < -0.3 is 0 Å². The van der Waals surface area contributed by atoms with Crippen LogP contribution in [0, 0.1) is 5.41 Å². The molecule has 0 aromatic heterocycles. The molecule has 0 saturated heterocycles. The normalized spacial score (nSPS) is 15.8. The quantitative estimate of drug-likeness (QED) is 0.479. The smallest absolute Gasteiger partial charge is 0.177 e. The zero-order valence-corrected chi connectivity index (χ0v) is 11.7. The molecule has 2 aromatic carbocycles. The lowest BCUT2D eigenvalue weighted by Crippen LogP contribution is -2.37. The van der Waals surface area contributed by atoms with E-state index in [1.54, 1.807) is 24.3 Å². The third-order valence-corrected chi connectivity index (χ3v) is 4.04.